The number of carbonyl (C=O) groups is 2. The summed E-state index contributed by atoms with van der Waals surface area (Å²) >= 11 is 11.5. The van der Waals surface area contributed by atoms with E-state index >= 15 is 0 Å². The van der Waals surface area contributed by atoms with Crippen LogP contribution < -0.4 is 4.90 Å². The van der Waals surface area contributed by atoms with Gasteiger partial charge in [-0.2, -0.15) is 0 Å². The summed E-state index contributed by atoms with van der Waals surface area (Å²) in [4.78, 5) is 32.8. The highest BCUT2D eigenvalue weighted by Crippen LogP contribution is 2.27. The Bertz CT molecular complexity index is 524. The van der Waals surface area contributed by atoms with Crippen LogP contribution in [0, 0.1) is 5.92 Å². The van der Waals surface area contributed by atoms with Crippen molar-refractivity contribution in [3.63, 3.8) is 0 Å². The Kier molecular flexibility index (Phi) is 4.21. The van der Waals surface area contributed by atoms with Crippen molar-refractivity contribution in [1.82, 2.24) is 9.97 Å². The number of hydrogen-bond acceptors (Lipinski definition) is 5. The minimum Gasteiger partial charge on any atom is -0.464 e. The maximum atomic E-state index is 11.9. The van der Waals surface area contributed by atoms with Crippen LogP contribution in [-0.2, 0) is 9.53 Å². The molecule has 2 heterocycles. The van der Waals surface area contributed by atoms with Gasteiger partial charge < -0.3 is 4.74 Å². The number of alkyl halides is 1. The standard InChI is InChI=1S/C11H11Cl2N3O3/c1-19-11(18)9-10(14-4-7(13)15-9)16-5-6(3-12)2-8(16)17/h4,6H,2-3,5H2,1H3. The first-order valence-corrected chi connectivity index (χ1v) is 6.45. The first kappa shape index (κ1) is 14.0. The van der Waals surface area contributed by atoms with Crippen LogP contribution in [0.3, 0.4) is 0 Å². The molecule has 1 unspecified atom stereocenters. The van der Waals surface area contributed by atoms with Gasteiger partial charge in [-0.15, -0.1) is 11.6 Å². The number of halogens is 2. The van der Waals surface area contributed by atoms with E-state index in [0.717, 1.165) is 0 Å². The molecule has 1 amide bonds. The molecule has 1 atom stereocenters. The predicted octanol–water partition coefficient (Wildman–Crippen LogP) is 1.51. The van der Waals surface area contributed by atoms with E-state index in [1.807, 2.05) is 0 Å². The quantitative estimate of drug-likeness (QED) is 0.625. The van der Waals surface area contributed by atoms with Crippen molar-refractivity contribution in [3.8, 4) is 0 Å². The summed E-state index contributed by atoms with van der Waals surface area (Å²) in [7, 11) is 1.22. The maximum absolute atomic E-state index is 11.9. The number of amides is 1. The van der Waals surface area contributed by atoms with Gasteiger partial charge >= 0.3 is 5.97 Å². The summed E-state index contributed by atoms with van der Waals surface area (Å²) in [5.41, 5.74) is -0.0708. The van der Waals surface area contributed by atoms with Crippen molar-refractivity contribution in [2.24, 2.45) is 5.92 Å². The normalized spacial score (nSPS) is 18.8. The number of carbonyl (C=O) groups excluding carboxylic acids is 2. The lowest BCUT2D eigenvalue weighted by Crippen LogP contribution is -2.28. The molecule has 6 nitrogen and oxygen atoms in total. The molecule has 8 heteroatoms. The lowest BCUT2D eigenvalue weighted by molar-refractivity contribution is -0.117. The molecule has 1 aliphatic rings. The number of hydrogen-bond donors (Lipinski definition) is 0. The van der Waals surface area contributed by atoms with Gasteiger partial charge in [0.1, 0.15) is 5.15 Å². The topological polar surface area (TPSA) is 72.4 Å². The molecule has 0 spiro atoms. The molecule has 102 valence electrons. The third-order valence-corrected chi connectivity index (χ3v) is 3.40. The van der Waals surface area contributed by atoms with Gasteiger partial charge in [-0.05, 0) is 5.92 Å². The average Bonchev–Trinajstić information content (AvgIpc) is 2.79. The molecule has 1 aromatic heterocycles. The largest absolute Gasteiger partial charge is 0.464 e. The number of ether oxygens (including phenoxy) is 1. The Labute approximate surface area is 119 Å². The Morgan fingerprint density at radius 1 is 1.63 bits per heavy atom. The number of aromatic nitrogens is 2. The van der Waals surface area contributed by atoms with Crippen LogP contribution in [0.2, 0.25) is 5.15 Å². The Morgan fingerprint density at radius 2 is 2.37 bits per heavy atom. The van der Waals surface area contributed by atoms with Gasteiger partial charge in [-0.1, -0.05) is 11.6 Å². The molecule has 1 saturated heterocycles. The number of anilines is 1. The Morgan fingerprint density at radius 3 is 2.95 bits per heavy atom. The van der Waals surface area contributed by atoms with E-state index < -0.39 is 5.97 Å². The van der Waals surface area contributed by atoms with E-state index in [2.05, 4.69) is 14.7 Å². The van der Waals surface area contributed by atoms with Gasteiger partial charge in [0, 0.05) is 18.8 Å². The van der Waals surface area contributed by atoms with Crippen molar-refractivity contribution in [1.29, 1.82) is 0 Å². The maximum Gasteiger partial charge on any atom is 0.360 e. The zero-order valence-electron chi connectivity index (χ0n) is 10.1. The van der Waals surface area contributed by atoms with E-state index in [-0.39, 0.29) is 28.5 Å². The first-order valence-electron chi connectivity index (χ1n) is 5.54. The molecule has 1 aromatic rings. The number of nitrogens with zero attached hydrogens (tertiary/aromatic N) is 3. The fourth-order valence-corrected chi connectivity index (χ4v) is 2.22. The molecular weight excluding hydrogens is 293 g/mol. The van der Waals surface area contributed by atoms with Gasteiger partial charge in [-0.3, -0.25) is 9.69 Å². The highest BCUT2D eigenvalue weighted by atomic mass is 35.5. The van der Waals surface area contributed by atoms with Gasteiger partial charge in [0.25, 0.3) is 0 Å². The summed E-state index contributed by atoms with van der Waals surface area (Å²) < 4.78 is 4.62. The smallest absolute Gasteiger partial charge is 0.360 e. The van der Waals surface area contributed by atoms with Gasteiger partial charge in [-0.25, -0.2) is 14.8 Å². The molecule has 0 bridgehead atoms. The monoisotopic (exact) mass is 303 g/mol. The number of esters is 1. The van der Waals surface area contributed by atoms with Crippen LogP contribution in [0.4, 0.5) is 5.82 Å². The minimum atomic E-state index is -0.688. The highest BCUT2D eigenvalue weighted by molar-refractivity contribution is 6.29. The van der Waals surface area contributed by atoms with Crippen molar-refractivity contribution in [2.75, 3.05) is 24.4 Å². The second kappa shape index (κ2) is 5.71. The van der Waals surface area contributed by atoms with Crippen molar-refractivity contribution < 1.29 is 14.3 Å². The zero-order valence-corrected chi connectivity index (χ0v) is 11.6. The van der Waals surface area contributed by atoms with Crippen LogP contribution in [0.5, 0.6) is 0 Å². The fourth-order valence-electron chi connectivity index (χ4n) is 1.88. The lowest BCUT2D eigenvalue weighted by Gasteiger charge is -2.17. The molecular formula is C11H11Cl2N3O3. The molecule has 0 N–H and O–H groups in total. The lowest BCUT2D eigenvalue weighted by atomic mass is 10.1. The third kappa shape index (κ3) is 2.79. The predicted molar refractivity (Wildman–Crippen MR) is 69.6 cm³/mol. The Balaban J connectivity index is 2.39. The van der Waals surface area contributed by atoms with Crippen LogP contribution >= 0.6 is 23.2 Å². The van der Waals surface area contributed by atoms with Crippen molar-refractivity contribution >= 4 is 40.9 Å². The van der Waals surface area contributed by atoms with E-state index in [1.54, 1.807) is 0 Å². The van der Waals surface area contributed by atoms with Gasteiger partial charge in [0.15, 0.2) is 11.5 Å². The highest BCUT2D eigenvalue weighted by Gasteiger charge is 2.34. The summed E-state index contributed by atoms with van der Waals surface area (Å²) in [6.45, 7) is 0.405. The third-order valence-electron chi connectivity index (χ3n) is 2.78. The molecule has 1 fully saturated rings. The molecule has 19 heavy (non-hydrogen) atoms. The molecule has 0 aliphatic carbocycles. The van der Waals surface area contributed by atoms with E-state index in [0.29, 0.717) is 18.8 Å². The fraction of sp³-hybridized carbons (Fsp3) is 0.455. The van der Waals surface area contributed by atoms with Crippen molar-refractivity contribution in [2.45, 2.75) is 6.42 Å². The van der Waals surface area contributed by atoms with E-state index in [4.69, 9.17) is 23.2 Å². The van der Waals surface area contributed by atoms with Gasteiger partial charge in [0.05, 0.1) is 13.3 Å². The van der Waals surface area contributed by atoms with Crippen LogP contribution in [-0.4, -0.2) is 41.4 Å². The van der Waals surface area contributed by atoms with Crippen molar-refractivity contribution in [3.05, 3.63) is 17.0 Å². The zero-order chi connectivity index (χ0) is 14.0. The summed E-state index contributed by atoms with van der Waals surface area (Å²) in [6.07, 6.45) is 1.61. The number of rotatable bonds is 3. The Hall–Kier alpha value is -1.40. The number of methoxy groups -OCH3 is 1. The molecule has 0 saturated carbocycles. The van der Waals surface area contributed by atoms with Gasteiger partial charge in [0.2, 0.25) is 5.91 Å². The summed E-state index contributed by atoms with van der Waals surface area (Å²) in [5.74, 6) is -0.262. The molecule has 1 aliphatic heterocycles. The molecule has 0 radical (unpaired) electrons. The van der Waals surface area contributed by atoms with Crippen LogP contribution in [0.25, 0.3) is 0 Å². The first-order chi connectivity index (χ1) is 9.06. The van der Waals surface area contributed by atoms with E-state index in [1.165, 1.54) is 18.2 Å². The van der Waals surface area contributed by atoms with Crippen LogP contribution in [0.1, 0.15) is 16.9 Å². The minimum absolute atomic E-state index is 0.0390. The summed E-state index contributed by atoms with van der Waals surface area (Å²) in [6, 6.07) is 0. The van der Waals surface area contributed by atoms with E-state index in [9.17, 15) is 9.59 Å². The molecule has 2 rings (SSSR count). The molecule has 0 aromatic carbocycles. The van der Waals surface area contributed by atoms with Crippen LogP contribution in [0.15, 0.2) is 6.20 Å². The second-order valence-corrected chi connectivity index (χ2v) is 4.78. The average molecular weight is 304 g/mol. The SMILES string of the molecule is COC(=O)c1nc(Cl)cnc1N1CC(CCl)CC1=O. The second-order valence-electron chi connectivity index (χ2n) is 4.09. The summed E-state index contributed by atoms with van der Waals surface area (Å²) in [5, 5.41) is 0.0599.